The minimum Gasteiger partial charge on any atom is -0.365 e. The minimum atomic E-state index is 0.293. The number of nitrogens with one attached hydrogen (secondary N) is 1. The van der Waals surface area contributed by atoms with Gasteiger partial charge in [-0.25, -0.2) is 0 Å². The quantitative estimate of drug-likeness (QED) is 0.595. The second kappa shape index (κ2) is 2.81. The molecule has 1 aromatic rings. The first-order chi connectivity index (χ1) is 6.84. The molecule has 2 aliphatic rings. The Morgan fingerprint density at radius 3 is 3.43 bits per heavy atom. The van der Waals surface area contributed by atoms with E-state index in [4.69, 9.17) is 5.73 Å². The normalized spacial score (nSPS) is 29.4. The van der Waals surface area contributed by atoms with Gasteiger partial charge < -0.3 is 16.0 Å². The Balaban J connectivity index is 2.01. The molecule has 3 rings (SSSR count). The van der Waals surface area contributed by atoms with Gasteiger partial charge in [0, 0.05) is 25.2 Å². The number of aromatic nitrogens is 2. The summed E-state index contributed by atoms with van der Waals surface area (Å²) in [6, 6.07) is 2.82. The van der Waals surface area contributed by atoms with Crippen LogP contribution in [0.3, 0.4) is 0 Å². The first-order valence-electron chi connectivity index (χ1n) is 4.92. The fourth-order valence-corrected chi connectivity index (χ4v) is 2.34. The smallest absolute Gasteiger partial charge is 0.172 e. The van der Waals surface area contributed by atoms with E-state index in [0.29, 0.717) is 12.1 Å². The van der Waals surface area contributed by atoms with Crippen molar-refractivity contribution >= 4 is 11.5 Å². The highest BCUT2D eigenvalue weighted by molar-refractivity contribution is 5.68. The summed E-state index contributed by atoms with van der Waals surface area (Å²) >= 11 is 0. The van der Waals surface area contributed by atoms with Crippen molar-refractivity contribution in [3.8, 4) is 0 Å². The van der Waals surface area contributed by atoms with Gasteiger partial charge >= 0.3 is 0 Å². The number of hydrogen-bond donors (Lipinski definition) is 2. The predicted molar refractivity (Wildman–Crippen MR) is 54.2 cm³/mol. The Morgan fingerprint density at radius 1 is 1.57 bits per heavy atom. The first-order valence-corrected chi connectivity index (χ1v) is 4.92. The van der Waals surface area contributed by atoms with Crippen LogP contribution in [0.15, 0.2) is 12.3 Å². The Labute approximate surface area is 82.3 Å². The van der Waals surface area contributed by atoms with E-state index in [0.717, 1.165) is 31.0 Å². The van der Waals surface area contributed by atoms with E-state index in [-0.39, 0.29) is 0 Å². The Kier molecular flexibility index (Phi) is 1.61. The summed E-state index contributed by atoms with van der Waals surface area (Å²) in [6.07, 6.45) is 2.79. The van der Waals surface area contributed by atoms with E-state index in [1.54, 1.807) is 6.20 Å². The SMILES string of the molecule is NC1CC2CNc3nnccc3N2C1. The number of rotatable bonds is 0. The van der Waals surface area contributed by atoms with Gasteiger partial charge in [0.2, 0.25) is 0 Å². The minimum absolute atomic E-state index is 0.293. The molecule has 0 aromatic carbocycles. The van der Waals surface area contributed by atoms with Crippen LogP contribution in [0.1, 0.15) is 6.42 Å². The lowest BCUT2D eigenvalue weighted by atomic mass is 10.1. The number of anilines is 2. The molecular weight excluding hydrogens is 178 g/mol. The number of nitrogens with two attached hydrogens (primary N) is 1. The molecule has 2 unspecified atom stereocenters. The number of nitrogens with zero attached hydrogens (tertiary/aromatic N) is 3. The monoisotopic (exact) mass is 191 g/mol. The Hall–Kier alpha value is -1.36. The highest BCUT2D eigenvalue weighted by Gasteiger charge is 2.34. The van der Waals surface area contributed by atoms with E-state index in [2.05, 4.69) is 20.4 Å². The molecule has 3 heterocycles. The zero-order chi connectivity index (χ0) is 9.54. The molecule has 1 saturated heterocycles. The van der Waals surface area contributed by atoms with Crippen molar-refractivity contribution in [2.45, 2.75) is 18.5 Å². The maximum absolute atomic E-state index is 5.95. The average Bonchev–Trinajstić information content (AvgIpc) is 2.59. The van der Waals surface area contributed by atoms with Gasteiger partial charge in [-0.3, -0.25) is 0 Å². The fourth-order valence-electron chi connectivity index (χ4n) is 2.34. The summed E-state index contributed by atoms with van der Waals surface area (Å²) in [5.41, 5.74) is 7.09. The van der Waals surface area contributed by atoms with Gasteiger partial charge in [-0.2, -0.15) is 5.10 Å². The molecule has 0 aliphatic carbocycles. The van der Waals surface area contributed by atoms with Crippen molar-refractivity contribution in [3.05, 3.63) is 12.3 Å². The molecule has 74 valence electrons. The summed E-state index contributed by atoms with van der Waals surface area (Å²) in [4.78, 5) is 2.34. The standard InChI is InChI=1S/C9H13N5/c10-6-3-7-4-11-9-8(14(7)5-6)1-2-12-13-9/h1-2,6-7H,3-5,10H2,(H,11,13). The predicted octanol–water partition coefficient (Wildman–Crippen LogP) is -0.192. The maximum atomic E-state index is 5.95. The fraction of sp³-hybridized carbons (Fsp3) is 0.556. The molecule has 0 saturated carbocycles. The molecule has 3 N–H and O–H groups in total. The second-order valence-electron chi connectivity index (χ2n) is 3.95. The highest BCUT2D eigenvalue weighted by atomic mass is 15.3. The summed E-state index contributed by atoms with van der Waals surface area (Å²) in [7, 11) is 0. The summed E-state index contributed by atoms with van der Waals surface area (Å²) < 4.78 is 0. The zero-order valence-electron chi connectivity index (χ0n) is 7.85. The molecule has 1 fully saturated rings. The molecule has 5 nitrogen and oxygen atoms in total. The van der Waals surface area contributed by atoms with E-state index in [1.165, 1.54) is 0 Å². The van der Waals surface area contributed by atoms with Crippen molar-refractivity contribution < 1.29 is 0 Å². The zero-order valence-corrected chi connectivity index (χ0v) is 7.85. The molecule has 0 radical (unpaired) electrons. The second-order valence-corrected chi connectivity index (χ2v) is 3.95. The average molecular weight is 191 g/mol. The Bertz CT molecular complexity index is 353. The summed E-state index contributed by atoms with van der Waals surface area (Å²) in [6.45, 7) is 1.87. The molecule has 5 heteroatoms. The van der Waals surface area contributed by atoms with E-state index >= 15 is 0 Å². The van der Waals surface area contributed by atoms with Gasteiger partial charge in [0.25, 0.3) is 0 Å². The lowest BCUT2D eigenvalue weighted by Gasteiger charge is -2.32. The van der Waals surface area contributed by atoms with Gasteiger partial charge in [-0.05, 0) is 12.5 Å². The van der Waals surface area contributed by atoms with Crippen LogP contribution in [0.4, 0.5) is 11.5 Å². The molecule has 0 bridgehead atoms. The molecule has 2 atom stereocenters. The van der Waals surface area contributed by atoms with Gasteiger partial charge in [0.15, 0.2) is 5.82 Å². The van der Waals surface area contributed by atoms with Crippen LogP contribution in [-0.2, 0) is 0 Å². The topological polar surface area (TPSA) is 67.1 Å². The van der Waals surface area contributed by atoms with E-state index < -0.39 is 0 Å². The van der Waals surface area contributed by atoms with Crippen molar-refractivity contribution in [3.63, 3.8) is 0 Å². The summed E-state index contributed by atoms with van der Waals surface area (Å²) in [5.74, 6) is 0.887. The van der Waals surface area contributed by atoms with Crippen molar-refractivity contribution in [1.82, 2.24) is 10.2 Å². The number of fused-ring (bicyclic) bond motifs is 3. The molecule has 1 aromatic heterocycles. The van der Waals surface area contributed by atoms with Gasteiger partial charge in [-0.15, -0.1) is 5.10 Å². The van der Waals surface area contributed by atoms with Crippen molar-refractivity contribution in [2.24, 2.45) is 5.73 Å². The molecule has 0 spiro atoms. The summed E-state index contributed by atoms with van der Waals surface area (Å²) in [5, 5.41) is 11.2. The van der Waals surface area contributed by atoms with Crippen LogP contribution < -0.4 is 16.0 Å². The van der Waals surface area contributed by atoms with Crippen molar-refractivity contribution in [1.29, 1.82) is 0 Å². The maximum Gasteiger partial charge on any atom is 0.172 e. The molecular formula is C9H13N5. The highest BCUT2D eigenvalue weighted by Crippen LogP contribution is 2.33. The third-order valence-electron chi connectivity index (χ3n) is 2.96. The van der Waals surface area contributed by atoms with Gasteiger partial charge in [0.1, 0.15) is 0 Å². The third-order valence-corrected chi connectivity index (χ3v) is 2.96. The van der Waals surface area contributed by atoms with Crippen LogP contribution in [0.5, 0.6) is 0 Å². The third kappa shape index (κ3) is 1.05. The molecule has 14 heavy (non-hydrogen) atoms. The van der Waals surface area contributed by atoms with Crippen LogP contribution in [0, 0.1) is 0 Å². The van der Waals surface area contributed by atoms with Gasteiger partial charge in [0.05, 0.1) is 11.9 Å². The van der Waals surface area contributed by atoms with Crippen molar-refractivity contribution in [2.75, 3.05) is 23.3 Å². The lowest BCUT2D eigenvalue weighted by Crippen LogP contribution is -2.39. The van der Waals surface area contributed by atoms with E-state index in [9.17, 15) is 0 Å². The van der Waals surface area contributed by atoms with E-state index in [1.807, 2.05) is 6.07 Å². The van der Waals surface area contributed by atoms with Gasteiger partial charge in [-0.1, -0.05) is 0 Å². The van der Waals surface area contributed by atoms with Crippen LogP contribution in [0.2, 0.25) is 0 Å². The Morgan fingerprint density at radius 2 is 2.50 bits per heavy atom. The largest absolute Gasteiger partial charge is 0.365 e. The first kappa shape index (κ1) is 7.99. The molecule has 2 aliphatic heterocycles. The lowest BCUT2D eigenvalue weighted by molar-refractivity contribution is 0.653. The van der Waals surface area contributed by atoms with Crippen LogP contribution in [-0.4, -0.2) is 35.4 Å². The van der Waals surface area contributed by atoms with Crippen LogP contribution >= 0.6 is 0 Å². The van der Waals surface area contributed by atoms with Crippen LogP contribution in [0.25, 0.3) is 0 Å². The number of hydrogen-bond acceptors (Lipinski definition) is 5. The molecule has 0 amide bonds.